The van der Waals surface area contributed by atoms with Gasteiger partial charge in [0.1, 0.15) is 0 Å². The van der Waals surface area contributed by atoms with Crippen molar-refractivity contribution in [1.82, 2.24) is 15.1 Å². The highest BCUT2D eigenvalue weighted by Crippen LogP contribution is 2.16. The topological polar surface area (TPSA) is 68.2 Å². The molecule has 1 aromatic carbocycles. The first-order valence-corrected chi connectivity index (χ1v) is 8.27. The highest BCUT2D eigenvalue weighted by atomic mass is 32.1. The van der Waals surface area contributed by atoms with E-state index in [4.69, 9.17) is 17.0 Å². The highest BCUT2D eigenvalue weighted by Gasteiger charge is 2.20. The molecule has 0 bridgehead atoms. The Bertz CT molecular complexity index is 698. The molecule has 128 valence electrons. The lowest BCUT2D eigenvalue weighted by molar-refractivity contribution is 0.0371. The number of nitrogens with zero attached hydrogens (tertiary/aromatic N) is 2. The SMILES string of the molecule is CCn1cc(NC(=S)NCc2ccccc2)c(C(=O)OC(C)C)n1. The predicted molar refractivity (Wildman–Crippen MR) is 98.0 cm³/mol. The van der Waals surface area contributed by atoms with Crippen LogP contribution in [-0.2, 0) is 17.8 Å². The largest absolute Gasteiger partial charge is 0.458 e. The van der Waals surface area contributed by atoms with Crippen molar-refractivity contribution in [2.75, 3.05) is 5.32 Å². The summed E-state index contributed by atoms with van der Waals surface area (Å²) in [6, 6.07) is 9.93. The van der Waals surface area contributed by atoms with Crippen LogP contribution < -0.4 is 10.6 Å². The van der Waals surface area contributed by atoms with Crippen molar-refractivity contribution >= 4 is 29.0 Å². The Hall–Kier alpha value is -2.41. The first-order valence-electron chi connectivity index (χ1n) is 7.86. The maximum atomic E-state index is 12.2. The zero-order valence-corrected chi connectivity index (χ0v) is 14.9. The molecule has 0 fully saturated rings. The Labute approximate surface area is 147 Å². The fourth-order valence-corrected chi connectivity index (χ4v) is 2.22. The number of hydrogen-bond donors (Lipinski definition) is 2. The summed E-state index contributed by atoms with van der Waals surface area (Å²) in [5.74, 6) is -0.467. The van der Waals surface area contributed by atoms with Crippen molar-refractivity contribution in [3.63, 3.8) is 0 Å². The summed E-state index contributed by atoms with van der Waals surface area (Å²) in [6.07, 6.45) is 1.54. The Balaban J connectivity index is 2.03. The van der Waals surface area contributed by atoms with Crippen molar-refractivity contribution in [2.24, 2.45) is 0 Å². The van der Waals surface area contributed by atoms with Crippen LogP contribution in [0.15, 0.2) is 36.5 Å². The maximum absolute atomic E-state index is 12.2. The van der Waals surface area contributed by atoms with E-state index in [1.807, 2.05) is 37.3 Å². The number of nitrogens with one attached hydrogen (secondary N) is 2. The molecule has 1 aromatic heterocycles. The van der Waals surface area contributed by atoms with Gasteiger partial charge in [0.15, 0.2) is 10.8 Å². The second-order valence-corrected chi connectivity index (χ2v) is 5.90. The van der Waals surface area contributed by atoms with Crippen LogP contribution in [0.1, 0.15) is 36.8 Å². The van der Waals surface area contributed by atoms with Crippen molar-refractivity contribution in [3.8, 4) is 0 Å². The Morgan fingerprint density at radius 2 is 2.04 bits per heavy atom. The van der Waals surface area contributed by atoms with Gasteiger partial charge in [-0.05, 0) is 38.6 Å². The van der Waals surface area contributed by atoms with E-state index in [1.54, 1.807) is 24.7 Å². The zero-order valence-electron chi connectivity index (χ0n) is 14.1. The molecule has 0 saturated heterocycles. The van der Waals surface area contributed by atoms with Crippen molar-refractivity contribution in [3.05, 3.63) is 47.8 Å². The lowest BCUT2D eigenvalue weighted by Crippen LogP contribution is -2.28. The van der Waals surface area contributed by atoms with Crippen LogP contribution in [0, 0.1) is 0 Å². The third-order valence-corrected chi connectivity index (χ3v) is 3.41. The lowest BCUT2D eigenvalue weighted by Gasteiger charge is -2.11. The fourth-order valence-electron chi connectivity index (χ4n) is 2.04. The van der Waals surface area contributed by atoms with E-state index in [0.29, 0.717) is 23.9 Å². The van der Waals surface area contributed by atoms with Crippen LogP contribution in [0.2, 0.25) is 0 Å². The van der Waals surface area contributed by atoms with E-state index in [1.165, 1.54) is 0 Å². The van der Waals surface area contributed by atoms with Crippen LogP contribution >= 0.6 is 12.2 Å². The van der Waals surface area contributed by atoms with Crippen molar-refractivity contribution < 1.29 is 9.53 Å². The smallest absolute Gasteiger partial charge is 0.361 e. The summed E-state index contributed by atoms with van der Waals surface area (Å²) in [5.41, 5.74) is 1.88. The van der Waals surface area contributed by atoms with Crippen molar-refractivity contribution in [1.29, 1.82) is 0 Å². The summed E-state index contributed by atoms with van der Waals surface area (Å²) in [4.78, 5) is 12.2. The monoisotopic (exact) mass is 346 g/mol. The molecule has 6 nitrogen and oxygen atoms in total. The molecular formula is C17H22N4O2S. The molecule has 0 atom stereocenters. The van der Waals surface area contributed by atoms with Gasteiger partial charge >= 0.3 is 5.97 Å². The second kappa shape index (κ2) is 8.44. The van der Waals surface area contributed by atoms with Crippen LogP contribution in [-0.4, -0.2) is 27.0 Å². The molecule has 0 saturated carbocycles. The minimum atomic E-state index is -0.467. The van der Waals surface area contributed by atoms with Gasteiger partial charge in [0, 0.05) is 19.3 Å². The van der Waals surface area contributed by atoms with E-state index in [-0.39, 0.29) is 11.8 Å². The first-order chi connectivity index (χ1) is 11.5. The van der Waals surface area contributed by atoms with Crippen molar-refractivity contribution in [2.45, 2.75) is 40.0 Å². The minimum absolute atomic E-state index is 0.208. The first kappa shape index (κ1) is 17.9. The molecule has 0 aliphatic heterocycles. The Kier molecular flexibility index (Phi) is 6.31. The Morgan fingerprint density at radius 1 is 1.33 bits per heavy atom. The van der Waals surface area contributed by atoms with Gasteiger partial charge in [-0.2, -0.15) is 5.10 Å². The van der Waals surface area contributed by atoms with Gasteiger partial charge in [0.25, 0.3) is 0 Å². The average Bonchev–Trinajstić information content (AvgIpc) is 2.96. The van der Waals surface area contributed by atoms with Gasteiger partial charge in [-0.1, -0.05) is 30.3 Å². The van der Waals surface area contributed by atoms with Gasteiger partial charge < -0.3 is 15.4 Å². The molecule has 24 heavy (non-hydrogen) atoms. The quantitative estimate of drug-likeness (QED) is 0.619. The molecule has 7 heteroatoms. The molecule has 0 unspecified atom stereocenters. The maximum Gasteiger partial charge on any atom is 0.361 e. The Morgan fingerprint density at radius 3 is 2.67 bits per heavy atom. The summed E-state index contributed by atoms with van der Waals surface area (Å²) in [6.45, 7) is 6.79. The van der Waals surface area contributed by atoms with Crippen LogP contribution in [0.3, 0.4) is 0 Å². The van der Waals surface area contributed by atoms with Gasteiger partial charge in [-0.15, -0.1) is 0 Å². The summed E-state index contributed by atoms with van der Waals surface area (Å²) >= 11 is 5.30. The molecule has 0 aliphatic rings. The molecule has 2 aromatic rings. The summed E-state index contributed by atoms with van der Waals surface area (Å²) < 4.78 is 6.89. The molecule has 2 rings (SSSR count). The van der Waals surface area contributed by atoms with E-state index >= 15 is 0 Å². The number of thiocarbonyl (C=S) groups is 1. The van der Waals surface area contributed by atoms with Gasteiger partial charge in [0.05, 0.1) is 11.8 Å². The van der Waals surface area contributed by atoms with Crippen LogP contribution in [0.5, 0.6) is 0 Å². The lowest BCUT2D eigenvalue weighted by atomic mass is 10.2. The number of anilines is 1. The zero-order chi connectivity index (χ0) is 17.5. The van der Waals surface area contributed by atoms with Crippen LogP contribution in [0.25, 0.3) is 0 Å². The molecule has 2 N–H and O–H groups in total. The average molecular weight is 346 g/mol. The standard InChI is InChI=1S/C17H22N4O2S/c1-4-21-11-14(15(20-21)16(22)23-12(2)3)19-17(24)18-10-13-8-6-5-7-9-13/h5-9,11-12H,4,10H2,1-3H3,(H2,18,19,24). The number of carbonyl (C=O) groups excluding carboxylic acids is 1. The molecular weight excluding hydrogens is 324 g/mol. The summed E-state index contributed by atoms with van der Waals surface area (Å²) in [7, 11) is 0. The third kappa shape index (κ3) is 5.06. The molecule has 0 spiro atoms. The predicted octanol–water partition coefficient (Wildman–Crippen LogP) is 2.95. The van der Waals surface area contributed by atoms with Gasteiger partial charge in [0.2, 0.25) is 0 Å². The molecule has 1 heterocycles. The highest BCUT2D eigenvalue weighted by molar-refractivity contribution is 7.80. The number of esters is 1. The minimum Gasteiger partial charge on any atom is -0.458 e. The number of hydrogen-bond acceptors (Lipinski definition) is 4. The normalized spacial score (nSPS) is 10.5. The van der Waals surface area contributed by atoms with E-state index < -0.39 is 5.97 Å². The number of aromatic nitrogens is 2. The number of rotatable bonds is 6. The number of benzene rings is 1. The summed E-state index contributed by atoms with van der Waals surface area (Å²) in [5, 5.41) is 10.8. The van der Waals surface area contributed by atoms with Gasteiger partial charge in [-0.3, -0.25) is 4.68 Å². The van der Waals surface area contributed by atoms with E-state index in [0.717, 1.165) is 5.56 Å². The van der Waals surface area contributed by atoms with Crippen LogP contribution in [0.4, 0.5) is 5.69 Å². The number of aryl methyl sites for hydroxylation is 1. The molecule has 0 amide bonds. The van der Waals surface area contributed by atoms with E-state index in [9.17, 15) is 4.79 Å². The molecule has 0 aliphatic carbocycles. The van der Waals surface area contributed by atoms with E-state index in [2.05, 4.69) is 15.7 Å². The number of ether oxygens (including phenoxy) is 1. The van der Waals surface area contributed by atoms with Gasteiger partial charge in [-0.25, -0.2) is 4.79 Å². The number of carbonyl (C=O) groups is 1. The molecule has 0 radical (unpaired) electrons. The second-order valence-electron chi connectivity index (χ2n) is 5.49. The third-order valence-electron chi connectivity index (χ3n) is 3.17. The fraction of sp³-hybridized carbons (Fsp3) is 0.353.